The van der Waals surface area contributed by atoms with Gasteiger partial charge in [-0.05, 0) is 43.7 Å². The van der Waals surface area contributed by atoms with E-state index in [1.807, 2.05) is 0 Å². The zero-order chi connectivity index (χ0) is 25.6. The number of ether oxygens (including phenoxy) is 2. The first-order valence-electron chi connectivity index (χ1n) is 11.1. The predicted octanol–water partition coefficient (Wildman–Crippen LogP) is 4.27. The Morgan fingerprint density at radius 3 is 2.50 bits per heavy atom. The van der Waals surface area contributed by atoms with Crippen LogP contribution in [-0.2, 0) is 9.47 Å². The van der Waals surface area contributed by atoms with Crippen LogP contribution in [0.4, 0.5) is 5.13 Å². The van der Waals surface area contributed by atoms with Crippen LogP contribution in [0.25, 0.3) is 11.0 Å². The molecule has 10 heteroatoms. The standard InChI is InChI=1S/C26H20N2O7S/c1-4-34-25(32)22-13(2)27-26(36-22)28-19(14-9-11-15(12-10-14)24(31)33-3)18-20(29)16-7-5-6-8-17(16)35-21(18)23(28)30/h5-12,19H,4H2,1-3H3/t19-/m0/s1. The molecule has 5 rings (SSSR count). The van der Waals surface area contributed by atoms with Crippen LogP contribution in [0, 0.1) is 6.92 Å². The smallest absolute Gasteiger partial charge is 0.350 e. The van der Waals surface area contributed by atoms with Crippen LogP contribution >= 0.6 is 11.3 Å². The van der Waals surface area contributed by atoms with Crippen molar-refractivity contribution in [2.24, 2.45) is 0 Å². The Kier molecular flexibility index (Phi) is 5.89. The van der Waals surface area contributed by atoms with Crippen LogP contribution in [0.15, 0.2) is 57.7 Å². The molecule has 0 fully saturated rings. The number of anilines is 1. The lowest BCUT2D eigenvalue weighted by Crippen LogP contribution is -2.29. The first-order chi connectivity index (χ1) is 17.3. The Bertz CT molecular complexity index is 1590. The summed E-state index contributed by atoms with van der Waals surface area (Å²) in [6, 6.07) is 12.2. The summed E-state index contributed by atoms with van der Waals surface area (Å²) in [6.45, 7) is 3.54. The summed E-state index contributed by atoms with van der Waals surface area (Å²) in [5.74, 6) is -1.70. The Hall–Kier alpha value is -4.31. The summed E-state index contributed by atoms with van der Waals surface area (Å²) in [7, 11) is 1.28. The number of para-hydroxylation sites is 1. The van der Waals surface area contributed by atoms with E-state index >= 15 is 0 Å². The van der Waals surface area contributed by atoms with Crippen LogP contribution in [0.5, 0.6) is 0 Å². The molecule has 2 aromatic carbocycles. The van der Waals surface area contributed by atoms with Gasteiger partial charge in [0.25, 0.3) is 5.91 Å². The third-order valence-electron chi connectivity index (χ3n) is 5.88. The summed E-state index contributed by atoms with van der Waals surface area (Å²) < 4.78 is 15.8. The molecule has 3 heterocycles. The lowest BCUT2D eigenvalue weighted by Gasteiger charge is -2.22. The molecule has 1 amide bonds. The lowest BCUT2D eigenvalue weighted by molar-refractivity contribution is 0.0529. The number of esters is 2. The van der Waals surface area contributed by atoms with Crippen molar-refractivity contribution in [2.75, 3.05) is 18.6 Å². The van der Waals surface area contributed by atoms with E-state index in [4.69, 9.17) is 13.9 Å². The summed E-state index contributed by atoms with van der Waals surface area (Å²) in [6.07, 6.45) is 0. The van der Waals surface area contributed by atoms with Crippen LogP contribution in [0.1, 0.15) is 60.4 Å². The molecule has 1 atom stereocenters. The van der Waals surface area contributed by atoms with E-state index in [1.165, 1.54) is 12.0 Å². The average Bonchev–Trinajstić information content (AvgIpc) is 3.41. The van der Waals surface area contributed by atoms with E-state index in [-0.39, 0.29) is 33.4 Å². The molecule has 0 spiro atoms. The highest BCUT2D eigenvalue weighted by Gasteiger charge is 2.45. The second-order valence-electron chi connectivity index (χ2n) is 7.99. The minimum Gasteiger partial charge on any atom is -0.465 e. The van der Waals surface area contributed by atoms with Gasteiger partial charge >= 0.3 is 11.9 Å². The van der Waals surface area contributed by atoms with Crippen molar-refractivity contribution in [3.8, 4) is 0 Å². The third kappa shape index (κ3) is 3.66. The number of hydrogen-bond acceptors (Lipinski definition) is 9. The number of benzene rings is 2. The fraction of sp³-hybridized carbons (Fsp3) is 0.192. The van der Waals surface area contributed by atoms with Gasteiger partial charge in [-0.15, -0.1) is 0 Å². The zero-order valence-corrected chi connectivity index (χ0v) is 20.4. The minimum absolute atomic E-state index is 0.0914. The van der Waals surface area contributed by atoms with Crippen LogP contribution in [0.3, 0.4) is 0 Å². The Morgan fingerprint density at radius 1 is 1.08 bits per heavy atom. The second kappa shape index (κ2) is 9.04. The van der Waals surface area contributed by atoms with E-state index in [2.05, 4.69) is 4.98 Å². The Labute approximate surface area is 208 Å². The van der Waals surface area contributed by atoms with Crippen molar-refractivity contribution >= 4 is 45.3 Å². The van der Waals surface area contributed by atoms with E-state index in [0.717, 1.165) is 11.3 Å². The molecule has 4 aromatic rings. The molecule has 182 valence electrons. The van der Waals surface area contributed by atoms with Crippen molar-refractivity contribution < 1.29 is 28.3 Å². The van der Waals surface area contributed by atoms with Crippen molar-refractivity contribution in [3.63, 3.8) is 0 Å². The fourth-order valence-electron chi connectivity index (χ4n) is 4.22. The SMILES string of the molecule is CCOC(=O)c1sc(N2C(=O)c3oc4ccccc4c(=O)c3[C@@H]2c2ccc(C(=O)OC)cc2)nc1C. The highest BCUT2D eigenvalue weighted by Crippen LogP contribution is 2.43. The molecule has 2 aromatic heterocycles. The van der Waals surface area contributed by atoms with Crippen LogP contribution < -0.4 is 10.3 Å². The number of nitrogens with zero attached hydrogens (tertiary/aromatic N) is 2. The monoisotopic (exact) mass is 504 g/mol. The highest BCUT2D eigenvalue weighted by molar-refractivity contribution is 7.17. The highest BCUT2D eigenvalue weighted by atomic mass is 32.1. The normalized spacial score (nSPS) is 14.7. The van der Waals surface area contributed by atoms with Crippen molar-refractivity contribution in [2.45, 2.75) is 19.9 Å². The molecule has 0 saturated heterocycles. The quantitative estimate of drug-likeness (QED) is 0.370. The van der Waals surface area contributed by atoms with Gasteiger partial charge in [-0.1, -0.05) is 35.6 Å². The largest absolute Gasteiger partial charge is 0.465 e. The minimum atomic E-state index is -0.888. The molecule has 1 aliphatic heterocycles. The molecule has 0 unspecified atom stereocenters. The van der Waals surface area contributed by atoms with Gasteiger partial charge in [0.1, 0.15) is 10.5 Å². The summed E-state index contributed by atoms with van der Waals surface area (Å²) in [5, 5.41) is 0.557. The number of thiazole rings is 1. The number of carbonyl (C=O) groups excluding carboxylic acids is 3. The van der Waals surface area contributed by atoms with Gasteiger partial charge in [0, 0.05) is 0 Å². The average molecular weight is 505 g/mol. The Balaban J connectivity index is 1.72. The molecule has 9 nitrogen and oxygen atoms in total. The number of aromatic nitrogens is 1. The van der Waals surface area contributed by atoms with Gasteiger partial charge in [-0.25, -0.2) is 14.6 Å². The summed E-state index contributed by atoms with van der Waals surface area (Å²) >= 11 is 1.00. The van der Waals surface area contributed by atoms with E-state index in [1.54, 1.807) is 62.4 Å². The summed E-state index contributed by atoms with van der Waals surface area (Å²) in [5.41, 5.74) is 1.39. The first-order valence-corrected chi connectivity index (χ1v) is 11.9. The van der Waals surface area contributed by atoms with Gasteiger partial charge in [-0.3, -0.25) is 14.5 Å². The number of aryl methyl sites for hydroxylation is 1. The van der Waals surface area contributed by atoms with E-state index in [0.29, 0.717) is 27.8 Å². The van der Waals surface area contributed by atoms with Gasteiger partial charge in [0.05, 0.1) is 42.0 Å². The third-order valence-corrected chi connectivity index (χ3v) is 7.01. The van der Waals surface area contributed by atoms with Gasteiger partial charge in [0.2, 0.25) is 5.76 Å². The lowest BCUT2D eigenvalue weighted by atomic mass is 9.98. The Morgan fingerprint density at radius 2 is 1.81 bits per heavy atom. The maximum absolute atomic E-state index is 13.7. The van der Waals surface area contributed by atoms with Crippen molar-refractivity contribution in [1.82, 2.24) is 4.98 Å². The number of fused-ring (bicyclic) bond motifs is 2. The molecule has 0 aliphatic carbocycles. The van der Waals surface area contributed by atoms with Crippen molar-refractivity contribution in [3.05, 3.63) is 91.8 Å². The van der Waals surface area contributed by atoms with Gasteiger partial charge in [-0.2, -0.15) is 0 Å². The van der Waals surface area contributed by atoms with Crippen LogP contribution in [-0.4, -0.2) is 36.5 Å². The molecular weight excluding hydrogens is 484 g/mol. The predicted molar refractivity (Wildman–Crippen MR) is 132 cm³/mol. The van der Waals surface area contributed by atoms with Crippen molar-refractivity contribution in [1.29, 1.82) is 0 Å². The molecule has 1 aliphatic rings. The molecular formula is C26H20N2O7S. The topological polar surface area (TPSA) is 116 Å². The molecule has 0 N–H and O–H groups in total. The number of hydrogen-bond donors (Lipinski definition) is 0. The summed E-state index contributed by atoms with van der Waals surface area (Å²) in [4.78, 5) is 57.7. The molecule has 36 heavy (non-hydrogen) atoms. The fourth-order valence-corrected chi connectivity index (χ4v) is 5.21. The number of amides is 1. The number of carbonyl (C=O) groups is 3. The van der Waals surface area contributed by atoms with Gasteiger partial charge in [0.15, 0.2) is 10.6 Å². The van der Waals surface area contributed by atoms with Crippen LogP contribution in [0.2, 0.25) is 0 Å². The number of rotatable bonds is 5. The van der Waals surface area contributed by atoms with E-state index < -0.39 is 23.9 Å². The number of methoxy groups -OCH3 is 1. The van der Waals surface area contributed by atoms with E-state index in [9.17, 15) is 19.2 Å². The maximum Gasteiger partial charge on any atom is 0.350 e. The molecule has 0 saturated carbocycles. The maximum atomic E-state index is 13.7. The molecule has 0 bridgehead atoms. The second-order valence-corrected chi connectivity index (χ2v) is 8.97. The van der Waals surface area contributed by atoms with Gasteiger partial charge < -0.3 is 13.9 Å². The zero-order valence-electron chi connectivity index (χ0n) is 19.6. The molecule has 0 radical (unpaired) electrons. The first kappa shape index (κ1) is 23.4.